The zero-order valence-electron chi connectivity index (χ0n) is 11.9. The van der Waals surface area contributed by atoms with Gasteiger partial charge in [-0.15, -0.1) is 0 Å². The van der Waals surface area contributed by atoms with E-state index in [1.165, 1.54) is 0 Å². The predicted octanol–water partition coefficient (Wildman–Crippen LogP) is 4.02. The maximum absolute atomic E-state index is 11.8. The van der Waals surface area contributed by atoms with Gasteiger partial charge < -0.3 is 4.74 Å². The van der Waals surface area contributed by atoms with Crippen LogP contribution in [0.4, 0.5) is 10.5 Å². The summed E-state index contributed by atoms with van der Waals surface area (Å²) >= 11 is 0. The Labute approximate surface area is 114 Å². The van der Waals surface area contributed by atoms with Crippen LogP contribution < -0.4 is 5.32 Å². The fraction of sp³-hybridized carbons (Fsp3) is 0.467. The minimum Gasteiger partial charge on any atom is -0.444 e. The number of nitrogens with one attached hydrogen (secondary N) is 1. The van der Waals surface area contributed by atoms with Crippen LogP contribution >= 0.6 is 0 Å². The van der Waals surface area contributed by atoms with Crippen LogP contribution in [0.15, 0.2) is 24.3 Å². The third-order valence-electron chi connectivity index (χ3n) is 2.31. The van der Waals surface area contributed by atoms with E-state index in [0.29, 0.717) is 17.7 Å². The van der Waals surface area contributed by atoms with Gasteiger partial charge in [-0.1, -0.05) is 19.1 Å². The molecule has 0 atom stereocenters. The number of Topliss-reactive ketones (excluding diaryl/α,β-unsaturated/α-hetero) is 1. The van der Waals surface area contributed by atoms with Gasteiger partial charge in [0.2, 0.25) is 0 Å². The summed E-state index contributed by atoms with van der Waals surface area (Å²) in [5.41, 5.74) is 0.631. The van der Waals surface area contributed by atoms with Crippen molar-refractivity contribution in [3.05, 3.63) is 29.8 Å². The summed E-state index contributed by atoms with van der Waals surface area (Å²) in [5.74, 6) is 0.0790. The van der Waals surface area contributed by atoms with Gasteiger partial charge in [0.1, 0.15) is 5.60 Å². The van der Waals surface area contributed by atoms with Crippen LogP contribution in [0.3, 0.4) is 0 Å². The topological polar surface area (TPSA) is 55.4 Å². The SMILES string of the molecule is CCCC(=O)c1cccc(NC(=O)OC(C)(C)C)c1. The molecule has 0 heterocycles. The van der Waals surface area contributed by atoms with Crippen LogP contribution in [0, 0.1) is 0 Å². The molecule has 4 heteroatoms. The molecular weight excluding hydrogens is 242 g/mol. The van der Waals surface area contributed by atoms with Crippen molar-refractivity contribution in [2.75, 3.05) is 5.32 Å². The molecule has 4 nitrogen and oxygen atoms in total. The van der Waals surface area contributed by atoms with Crippen LogP contribution in [-0.4, -0.2) is 17.5 Å². The molecule has 0 unspecified atom stereocenters. The van der Waals surface area contributed by atoms with E-state index >= 15 is 0 Å². The Morgan fingerprint density at radius 1 is 1.26 bits per heavy atom. The molecule has 0 fully saturated rings. The van der Waals surface area contributed by atoms with E-state index in [0.717, 1.165) is 6.42 Å². The van der Waals surface area contributed by atoms with E-state index in [-0.39, 0.29) is 5.78 Å². The molecule has 1 aromatic carbocycles. The number of carbonyl (C=O) groups excluding carboxylic acids is 2. The molecule has 1 rings (SSSR count). The number of ether oxygens (including phenoxy) is 1. The lowest BCUT2D eigenvalue weighted by molar-refractivity contribution is 0.0635. The first-order valence-electron chi connectivity index (χ1n) is 6.45. The standard InChI is InChI=1S/C15H21NO3/c1-5-7-13(17)11-8-6-9-12(10-11)16-14(18)19-15(2,3)4/h6,8-10H,5,7H2,1-4H3,(H,16,18). The smallest absolute Gasteiger partial charge is 0.412 e. The minimum atomic E-state index is -0.542. The lowest BCUT2D eigenvalue weighted by Crippen LogP contribution is -2.27. The summed E-state index contributed by atoms with van der Waals surface area (Å²) in [7, 11) is 0. The number of ketones is 1. The van der Waals surface area contributed by atoms with E-state index in [4.69, 9.17) is 4.74 Å². The zero-order valence-corrected chi connectivity index (χ0v) is 11.9. The molecule has 0 saturated carbocycles. The summed E-state index contributed by atoms with van der Waals surface area (Å²) < 4.78 is 5.15. The van der Waals surface area contributed by atoms with E-state index in [2.05, 4.69) is 5.32 Å². The van der Waals surface area contributed by atoms with Crippen LogP contribution in [0.25, 0.3) is 0 Å². The van der Waals surface area contributed by atoms with Crippen molar-refractivity contribution in [1.82, 2.24) is 0 Å². The van der Waals surface area contributed by atoms with Gasteiger partial charge in [-0.2, -0.15) is 0 Å². The highest BCUT2D eigenvalue weighted by atomic mass is 16.6. The van der Waals surface area contributed by atoms with E-state index < -0.39 is 11.7 Å². The number of carbonyl (C=O) groups is 2. The largest absolute Gasteiger partial charge is 0.444 e. The number of hydrogen-bond donors (Lipinski definition) is 1. The third-order valence-corrected chi connectivity index (χ3v) is 2.31. The van der Waals surface area contributed by atoms with Gasteiger partial charge in [0.15, 0.2) is 5.78 Å². The number of rotatable bonds is 4. The van der Waals surface area contributed by atoms with Gasteiger partial charge in [-0.3, -0.25) is 10.1 Å². The van der Waals surface area contributed by atoms with Crippen molar-refractivity contribution in [3.8, 4) is 0 Å². The second kappa shape index (κ2) is 6.36. The maximum Gasteiger partial charge on any atom is 0.412 e. The molecule has 1 amide bonds. The Balaban J connectivity index is 2.72. The molecule has 1 N–H and O–H groups in total. The predicted molar refractivity (Wildman–Crippen MR) is 75.5 cm³/mol. The third kappa shape index (κ3) is 5.55. The normalized spacial score (nSPS) is 10.9. The van der Waals surface area contributed by atoms with Gasteiger partial charge in [0.05, 0.1) is 0 Å². The van der Waals surface area contributed by atoms with Gasteiger partial charge >= 0.3 is 6.09 Å². The Morgan fingerprint density at radius 2 is 1.95 bits per heavy atom. The monoisotopic (exact) mass is 263 g/mol. The molecular formula is C15H21NO3. The van der Waals surface area contributed by atoms with Gasteiger partial charge in [-0.25, -0.2) is 4.79 Å². The van der Waals surface area contributed by atoms with E-state index in [9.17, 15) is 9.59 Å². The number of benzene rings is 1. The molecule has 0 aliphatic rings. The fourth-order valence-corrected chi connectivity index (χ4v) is 1.56. The Bertz CT molecular complexity index is 461. The number of amides is 1. The average Bonchev–Trinajstić information content (AvgIpc) is 2.27. The quantitative estimate of drug-likeness (QED) is 0.835. The molecule has 0 spiro atoms. The summed E-state index contributed by atoms with van der Waals surface area (Å²) in [5, 5.41) is 2.62. The highest BCUT2D eigenvalue weighted by molar-refractivity contribution is 5.97. The van der Waals surface area contributed by atoms with Gasteiger partial charge in [0, 0.05) is 17.7 Å². The molecule has 0 aliphatic heterocycles. The Kier molecular flexibility index (Phi) is 5.10. The second-order valence-electron chi connectivity index (χ2n) is 5.38. The van der Waals surface area contributed by atoms with Crippen molar-refractivity contribution in [1.29, 1.82) is 0 Å². The van der Waals surface area contributed by atoms with Crippen LogP contribution in [0.1, 0.15) is 50.9 Å². The molecule has 0 saturated heterocycles. The number of hydrogen-bond acceptors (Lipinski definition) is 3. The maximum atomic E-state index is 11.8. The molecule has 0 radical (unpaired) electrons. The fourth-order valence-electron chi connectivity index (χ4n) is 1.56. The summed E-state index contributed by atoms with van der Waals surface area (Å²) in [6.45, 7) is 7.36. The highest BCUT2D eigenvalue weighted by Crippen LogP contribution is 2.15. The van der Waals surface area contributed by atoms with Crippen LogP contribution in [-0.2, 0) is 4.74 Å². The number of anilines is 1. The van der Waals surface area contributed by atoms with Crippen LogP contribution in [0.5, 0.6) is 0 Å². The summed E-state index contributed by atoms with van der Waals surface area (Å²) in [6.07, 6.45) is 0.797. The Hall–Kier alpha value is -1.84. The van der Waals surface area contributed by atoms with E-state index in [1.807, 2.05) is 6.92 Å². The molecule has 0 bridgehead atoms. The van der Waals surface area contributed by atoms with Gasteiger partial charge in [-0.05, 0) is 39.3 Å². The van der Waals surface area contributed by atoms with Crippen molar-refractivity contribution in [3.63, 3.8) is 0 Å². The summed E-state index contributed by atoms with van der Waals surface area (Å²) in [6, 6.07) is 6.89. The molecule has 0 aromatic heterocycles. The van der Waals surface area contributed by atoms with Gasteiger partial charge in [0.25, 0.3) is 0 Å². The first-order chi connectivity index (χ1) is 8.81. The molecule has 104 valence electrons. The minimum absolute atomic E-state index is 0.0790. The molecule has 19 heavy (non-hydrogen) atoms. The highest BCUT2D eigenvalue weighted by Gasteiger charge is 2.16. The zero-order chi connectivity index (χ0) is 14.5. The Morgan fingerprint density at radius 3 is 2.53 bits per heavy atom. The van der Waals surface area contributed by atoms with Crippen LogP contribution in [0.2, 0.25) is 0 Å². The van der Waals surface area contributed by atoms with Crippen molar-refractivity contribution in [2.24, 2.45) is 0 Å². The van der Waals surface area contributed by atoms with Crippen molar-refractivity contribution < 1.29 is 14.3 Å². The van der Waals surface area contributed by atoms with Crippen molar-refractivity contribution >= 4 is 17.6 Å². The molecule has 1 aromatic rings. The lowest BCUT2D eigenvalue weighted by atomic mass is 10.1. The first-order valence-corrected chi connectivity index (χ1v) is 6.45. The second-order valence-corrected chi connectivity index (χ2v) is 5.38. The molecule has 0 aliphatic carbocycles. The lowest BCUT2D eigenvalue weighted by Gasteiger charge is -2.19. The van der Waals surface area contributed by atoms with Crippen molar-refractivity contribution in [2.45, 2.75) is 46.1 Å². The summed E-state index contributed by atoms with van der Waals surface area (Å²) in [4.78, 5) is 23.4. The van der Waals surface area contributed by atoms with E-state index in [1.54, 1.807) is 45.0 Å². The first kappa shape index (κ1) is 15.2. The average molecular weight is 263 g/mol.